The van der Waals surface area contributed by atoms with E-state index in [0.717, 1.165) is 78.3 Å². The number of esters is 1. The molecule has 0 saturated heterocycles. The van der Waals surface area contributed by atoms with Crippen molar-refractivity contribution in [3.63, 3.8) is 0 Å². The van der Waals surface area contributed by atoms with Crippen LogP contribution in [0.15, 0.2) is 54.6 Å². The van der Waals surface area contributed by atoms with Crippen LogP contribution < -0.4 is 10.1 Å². The lowest BCUT2D eigenvalue weighted by atomic mass is 9.76. The van der Waals surface area contributed by atoms with Crippen molar-refractivity contribution < 1.29 is 28.1 Å². The maximum Gasteiger partial charge on any atom is 0.340 e. The Hall–Kier alpha value is -3.80. The van der Waals surface area contributed by atoms with Crippen molar-refractivity contribution in [3.8, 4) is 17.6 Å². The molecular weight excluding hydrogens is 673 g/mol. The predicted molar refractivity (Wildman–Crippen MR) is 204 cm³/mol. The number of carbonyl (C=O) groups is 2. The predicted octanol–water partition coefficient (Wildman–Crippen LogP) is 9.55. The first-order chi connectivity index (χ1) is 25.1. The van der Waals surface area contributed by atoms with Gasteiger partial charge >= 0.3 is 5.97 Å². The normalized spacial score (nSPS) is 16.3. The van der Waals surface area contributed by atoms with Gasteiger partial charge < -0.3 is 23.8 Å². The van der Waals surface area contributed by atoms with Crippen LogP contribution in [0.5, 0.6) is 11.5 Å². The van der Waals surface area contributed by atoms with Gasteiger partial charge in [0.1, 0.15) is 11.5 Å². The lowest BCUT2D eigenvalue weighted by Gasteiger charge is -2.37. The molecule has 3 aromatic rings. The fraction of sp³-hybridized carbons (Fsp3) is 0.500. The van der Waals surface area contributed by atoms with Gasteiger partial charge in [-0.3, -0.25) is 4.79 Å². The Bertz CT molecular complexity index is 1750. The fourth-order valence-corrected chi connectivity index (χ4v) is 8.82. The Morgan fingerprint density at radius 3 is 2.38 bits per heavy atom. The van der Waals surface area contributed by atoms with Gasteiger partial charge in [-0.2, -0.15) is 5.26 Å². The zero-order valence-corrected chi connectivity index (χ0v) is 32.5. The molecule has 0 aromatic heterocycles. The molecule has 0 saturated carbocycles. The molecule has 1 spiro atoms. The number of hydrogen-bond acceptors (Lipinski definition) is 8. The average molecular weight is 728 g/mol. The molecule has 278 valence electrons. The van der Waals surface area contributed by atoms with Crippen molar-refractivity contribution >= 4 is 20.4 Å². The fourth-order valence-electron chi connectivity index (χ4n) is 7.19. The summed E-state index contributed by atoms with van der Waals surface area (Å²) in [4.78, 5) is 25.8. The highest BCUT2D eigenvalue weighted by atomic mass is 31.2. The molecule has 0 radical (unpaired) electrons. The second-order valence-electron chi connectivity index (χ2n) is 14.3. The number of nitriles is 1. The van der Waals surface area contributed by atoms with E-state index in [4.69, 9.17) is 23.8 Å². The highest BCUT2D eigenvalue weighted by molar-refractivity contribution is 7.44. The van der Waals surface area contributed by atoms with Gasteiger partial charge in [0, 0.05) is 41.7 Å². The summed E-state index contributed by atoms with van der Waals surface area (Å²) < 4.78 is 27.1. The lowest BCUT2D eigenvalue weighted by molar-refractivity contribution is -0.121. The van der Waals surface area contributed by atoms with Crippen LogP contribution in [0.25, 0.3) is 0 Å². The molecule has 2 atom stereocenters. The quantitative estimate of drug-likeness (QED) is 0.0739. The zero-order chi connectivity index (χ0) is 37.3. The molecule has 10 heteroatoms. The van der Waals surface area contributed by atoms with E-state index in [9.17, 15) is 9.59 Å². The molecule has 9 nitrogen and oxygen atoms in total. The van der Waals surface area contributed by atoms with Crippen molar-refractivity contribution in [1.29, 1.82) is 5.26 Å². The number of rotatable bonds is 19. The first kappa shape index (κ1) is 39.4. The van der Waals surface area contributed by atoms with Crippen molar-refractivity contribution in [1.82, 2.24) is 9.99 Å². The number of benzene rings is 3. The Kier molecular flexibility index (Phi) is 13.9. The van der Waals surface area contributed by atoms with Gasteiger partial charge in [0.25, 0.3) is 8.53 Å². The number of nitrogens with one attached hydrogen (secondary N) is 1. The molecule has 2 aliphatic heterocycles. The van der Waals surface area contributed by atoms with E-state index in [1.807, 2.05) is 49.4 Å². The highest BCUT2D eigenvalue weighted by Gasteiger charge is 2.53. The number of hydrogen-bond donors (Lipinski definition) is 1. The molecule has 0 bridgehead atoms. The van der Waals surface area contributed by atoms with Gasteiger partial charge in [-0.05, 0) is 115 Å². The number of fused-ring (bicyclic) bond motifs is 6. The molecule has 2 unspecified atom stereocenters. The van der Waals surface area contributed by atoms with E-state index in [2.05, 4.69) is 62.8 Å². The van der Waals surface area contributed by atoms with E-state index in [1.165, 1.54) is 0 Å². The molecule has 2 aliphatic rings. The van der Waals surface area contributed by atoms with Gasteiger partial charge in [-0.1, -0.05) is 43.2 Å². The summed E-state index contributed by atoms with van der Waals surface area (Å²) in [6, 6.07) is 20.6. The minimum Gasteiger partial charge on any atom is -0.456 e. The van der Waals surface area contributed by atoms with E-state index in [0.29, 0.717) is 49.7 Å². The molecule has 1 N–H and O–H groups in total. The summed E-state index contributed by atoms with van der Waals surface area (Å²) in [6.45, 7) is 14.3. The summed E-state index contributed by atoms with van der Waals surface area (Å²) in [5, 5.41) is 12.0. The largest absolute Gasteiger partial charge is 0.456 e. The van der Waals surface area contributed by atoms with Crippen LogP contribution in [0.2, 0.25) is 0 Å². The number of amides is 1. The first-order valence-corrected chi connectivity index (χ1v) is 19.9. The standard InChI is InChI=1S/C42H54N3O6P/c1-29(2)45(30(3)4)52(49-25-15-22-43)48-24-14-8-7-13-23-44-40(46)19-12-9-16-33-28-37-39(27-32(33)6)50-38-26-31(5)20-21-36(38)42(37)35-18-11-10-17-34(35)41(47)51-42/h10-11,17-18,20-21,26-30H,7-9,12-16,19,23-25H2,1-6H3,(H,44,46). The summed E-state index contributed by atoms with van der Waals surface area (Å²) in [5.41, 5.74) is 5.34. The Labute approximate surface area is 311 Å². The van der Waals surface area contributed by atoms with Crippen LogP contribution in [0, 0.1) is 25.2 Å². The summed E-state index contributed by atoms with van der Waals surface area (Å²) in [5.74, 6) is 1.15. The van der Waals surface area contributed by atoms with Gasteiger partial charge in [-0.15, -0.1) is 0 Å². The second-order valence-corrected chi connectivity index (χ2v) is 15.8. The van der Waals surface area contributed by atoms with Crippen molar-refractivity contribution in [2.45, 2.75) is 117 Å². The van der Waals surface area contributed by atoms with Crippen molar-refractivity contribution in [3.05, 3.63) is 93.5 Å². The third-order valence-electron chi connectivity index (χ3n) is 9.68. The molecule has 1 amide bonds. The van der Waals surface area contributed by atoms with Crippen LogP contribution in [-0.4, -0.2) is 48.4 Å². The van der Waals surface area contributed by atoms with E-state index in [1.54, 1.807) is 0 Å². The zero-order valence-electron chi connectivity index (χ0n) is 31.6. The van der Waals surface area contributed by atoms with Crippen LogP contribution in [0.3, 0.4) is 0 Å². The van der Waals surface area contributed by atoms with Crippen LogP contribution in [-0.2, 0) is 30.6 Å². The Morgan fingerprint density at radius 2 is 1.62 bits per heavy atom. The van der Waals surface area contributed by atoms with Crippen LogP contribution >= 0.6 is 8.53 Å². The Morgan fingerprint density at radius 1 is 0.885 bits per heavy atom. The van der Waals surface area contributed by atoms with Gasteiger partial charge in [0.2, 0.25) is 5.91 Å². The van der Waals surface area contributed by atoms with Crippen molar-refractivity contribution in [2.75, 3.05) is 19.8 Å². The van der Waals surface area contributed by atoms with Crippen LogP contribution in [0.1, 0.15) is 123 Å². The molecule has 2 heterocycles. The second kappa shape index (κ2) is 18.3. The number of aryl methyl sites for hydroxylation is 3. The summed E-state index contributed by atoms with van der Waals surface area (Å²) in [6.07, 6.45) is 7.18. The SMILES string of the molecule is Cc1ccc2c(c1)Oc1cc(C)c(CCCCC(=O)NCCCCCCOP(OCCC#N)N(C(C)C)C(C)C)cc1C21OC(=O)c2ccccc21. The molecule has 0 aliphatic carbocycles. The van der Waals surface area contributed by atoms with E-state index >= 15 is 0 Å². The van der Waals surface area contributed by atoms with Crippen LogP contribution in [0.4, 0.5) is 0 Å². The summed E-state index contributed by atoms with van der Waals surface area (Å²) >= 11 is 0. The smallest absolute Gasteiger partial charge is 0.340 e. The number of unbranched alkanes of at least 4 members (excludes halogenated alkanes) is 4. The number of ether oxygens (including phenoxy) is 2. The Balaban J connectivity index is 1.07. The highest BCUT2D eigenvalue weighted by Crippen LogP contribution is 2.56. The molecular formula is C42H54N3O6P. The van der Waals surface area contributed by atoms with E-state index < -0.39 is 14.1 Å². The van der Waals surface area contributed by atoms with Gasteiger partial charge in [-0.25, -0.2) is 9.46 Å². The number of carbonyl (C=O) groups excluding carboxylic acids is 2. The molecule has 5 rings (SSSR count). The maximum atomic E-state index is 13.2. The number of nitrogens with zero attached hydrogens (tertiary/aromatic N) is 2. The van der Waals surface area contributed by atoms with Crippen molar-refractivity contribution in [2.24, 2.45) is 0 Å². The molecule has 52 heavy (non-hydrogen) atoms. The lowest BCUT2D eigenvalue weighted by Crippen LogP contribution is -2.33. The maximum absolute atomic E-state index is 13.2. The summed E-state index contributed by atoms with van der Waals surface area (Å²) in [7, 11) is -1.20. The molecule has 3 aromatic carbocycles. The van der Waals surface area contributed by atoms with Gasteiger partial charge in [0.15, 0.2) is 5.60 Å². The average Bonchev–Trinajstić information content (AvgIpc) is 3.39. The monoisotopic (exact) mass is 727 g/mol. The minimum absolute atomic E-state index is 0.0850. The third-order valence-corrected chi connectivity index (χ3v) is 11.8. The third kappa shape index (κ3) is 9.04. The first-order valence-electron chi connectivity index (χ1n) is 18.8. The topological polar surface area (TPSA) is 110 Å². The van der Waals surface area contributed by atoms with Gasteiger partial charge in [0.05, 0.1) is 31.3 Å². The molecule has 0 fully saturated rings. The van der Waals surface area contributed by atoms with E-state index in [-0.39, 0.29) is 24.0 Å². The minimum atomic E-state index is -1.20.